The van der Waals surface area contributed by atoms with Crippen molar-refractivity contribution in [3.8, 4) is 17.1 Å². The summed E-state index contributed by atoms with van der Waals surface area (Å²) >= 11 is 1.19. The number of hydrogen-bond donors (Lipinski definition) is 0. The second kappa shape index (κ2) is 7.26. The summed E-state index contributed by atoms with van der Waals surface area (Å²) in [5, 5.41) is 20.1. The van der Waals surface area contributed by atoms with Gasteiger partial charge in [0, 0.05) is 6.54 Å². The number of aromatic nitrogens is 5. The summed E-state index contributed by atoms with van der Waals surface area (Å²) in [6.07, 6.45) is 2.34. The minimum absolute atomic E-state index is 0.156. The van der Waals surface area contributed by atoms with Crippen molar-refractivity contribution in [2.24, 2.45) is 0 Å². The highest BCUT2D eigenvalue weighted by Crippen LogP contribution is 2.32. The Hall–Kier alpha value is -3.01. The SMILES string of the molecule is CCn1c(Sc2ncc([N+](=O)[O-])cn2)nnc1-c1ccccc1OC. The fourth-order valence-electron chi connectivity index (χ4n) is 2.22. The molecule has 10 heteroatoms. The first-order valence-electron chi connectivity index (χ1n) is 7.35. The number of methoxy groups -OCH3 is 1. The number of hydrogen-bond acceptors (Lipinski definition) is 8. The molecular formula is C15H14N6O3S. The third-order valence-corrected chi connectivity index (χ3v) is 4.27. The molecule has 3 aromatic rings. The molecule has 0 saturated heterocycles. The van der Waals surface area contributed by atoms with Crippen LogP contribution in [-0.2, 0) is 6.54 Å². The maximum atomic E-state index is 10.7. The molecule has 25 heavy (non-hydrogen) atoms. The summed E-state index contributed by atoms with van der Waals surface area (Å²) in [6.45, 7) is 2.61. The molecule has 0 amide bonds. The molecule has 0 atom stereocenters. The van der Waals surface area contributed by atoms with Crippen LogP contribution in [0.4, 0.5) is 5.69 Å². The molecule has 3 rings (SSSR count). The van der Waals surface area contributed by atoms with Crippen LogP contribution in [0.25, 0.3) is 11.4 Å². The van der Waals surface area contributed by atoms with Crippen LogP contribution in [0.2, 0.25) is 0 Å². The van der Waals surface area contributed by atoms with Crippen LogP contribution in [0.1, 0.15) is 6.92 Å². The first-order valence-corrected chi connectivity index (χ1v) is 8.16. The minimum atomic E-state index is -0.539. The summed E-state index contributed by atoms with van der Waals surface area (Å²) in [4.78, 5) is 18.1. The summed E-state index contributed by atoms with van der Waals surface area (Å²) in [5.41, 5.74) is 0.673. The van der Waals surface area contributed by atoms with Gasteiger partial charge in [-0.25, -0.2) is 9.97 Å². The molecule has 0 aliphatic heterocycles. The van der Waals surface area contributed by atoms with Gasteiger partial charge in [0.05, 0.1) is 17.6 Å². The zero-order valence-electron chi connectivity index (χ0n) is 13.5. The largest absolute Gasteiger partial charge is 0.496 e. The zero-order chi connectivity index (χ0) is 17.8. The second-order valence-electron chi connectivity index (χ2n) is 4.83. The summed E-state index contributed by atoms with van der Waals surface area (Å²) in [6, 6.07) is 7.55. The molecule has 0 N–H and O–H groups in total. The lowest BCUT2D eigenvalue weighted by atomic mass is 10.2. The van der Waals surface area contributed by atoms with Crippen molar-refractivity contribution in [3.63, 3.8) is 0 Å². The van der Waals surface area contributed by atoms with Gasteiger partial charge in [-0.1, -0.05) is 12.1 Å². The summed E-state index contributed by atoms with van der Waals surface area (Å²) in [7, 11) is 1.60. The highest BCUT2D eigenvalue weighted by atomic mass is 32.2. The molecule has 0 saturated carbocycles. The van der Waals surface area contributed by atoms with Gasteiger partial charge in [0.15, 0.2) is 16.1 Å². The lowest BCUT2D eigenvalue weighted by Crippen LogP contribution is -2.01. The van der Waals surface area contributed by atoms with Crippen LogP contribution in [0.15, 0.2) is 47.0 Å². The standard InChI is InChI=1S/C15H14N6O3S/c1-3-20-13(11-6-4-5-7-12(11)24-2)18-19-15(20)25-14-16-8-10(9-17-14)21(22)23/h4-9H,3H2,1-2H3. The summed E-state index contributed by atoms with van der Waals surface area (Å²) < 4.78 is 7.30. The number of rotatable bonds is 6. The van der Waals surface area contributed by atoms with Gasteiger partial charge in [0.2, 0.25) is 0 Å². The third kappa shape index (κ3) is 3.43. The highest BCUT2D eigenvalue weighted by Gasteiger charge is 2.18. The van der Waals surface area contributed by atoms with Gasteiger partial charge >= 0.3 is 5.69 Å². The molecule has 1 aromatic carbocycles. The van der Waals surface area contributed by atoms with Gasteiger partial charge in [-0.15, -0.1) is 10.2 Å². The molecule has 0 radical (unpaired) electrons. The molecule has 2 aromatic heterocycles. The fraction of sp³-hybridized carbons (Fsp3) is 0.200. The van der Waals surface area contributed by atoms with E-state index < -0.39 is 4.92 Å². The monoisotopic (exact) mass is 358 g/mol. The molecule has 0 spiro atoms. The predicted octanol–water partition coefficient (Wildman–Crippen LogP) is 2.82. The molecule has 0 aliphatic rings. The van der Waals surface area contributed by atoms with Crippen molar-refractivity contribution in [3.05, 3.63) is 46.8 Å². The number of nitro groups is 1. The van der Waals surface area contributed by atoms with E-state index in [4.69, 9.17) is 4.74 Å². The second-order valence-corrected chi connectivity index (χ2v) is 5.77. The number of benzene rings is 1. The Morgan fingerprint density at radius 3 is 2.60 bits per heavy atom. The van der Waals surface area contributed by atoms with Crippen molar-refractivity contribution in [1.29, 1.82) is 0 Å². The van der Waals surface area contributed by atoms with Gasteiger partial charge in [-0.3, -0.25) is 10.1 Å². The van der Waals surface area contributed by atoms with Crippen LogP contribution in [0.5, 0.6) is 5.75 Å². The predicted molar refractivity (Wildman–Crippen MR) is 90.5 cm³/mol. The molecule has 128 valence electrons. The Bertz CT molecular complexity index is 897. The van der Waals surface area contributed by atoms with E-state index in [1.165, 1.54) is 24.2 Å². The van der Waals surface area contributed by atoms with Gasteiger partial charge < -0.3 is 9.30 Å². The van der Waals surface area contributed by atoms with E-state index in [2.05, 4.69) is 20.2 Å². The van der Waals surface area contributed by atoms with Crippen LogP contribution in [0.3, 0.4) is 0 Å². The van der Waals surface area contributed by atoms with E-state index in [9.17, 15) is 10.1 Å². The Balaban J connectivity index is 1.93. The molecule has 0 bridgehead atoms. The lowest BCUT2D eigenvalue weighted by molar-refractivity contribution is -0.385. The Morgan fingerprint density at radius 1 is 1.24 bits per heavy atom. The first-order chi connectivity index (χ1) is 12.1. The van der Waals surface area contributed by atoms with Crippen molar-refractivity contribution in [1.82, 2.24) is 24.7 Å². The van der Waals surface area contributed by atoms with Crippen LogP contribution in [0, 0.1) is 10.1 Å². The van der Waals surface area contributed by atoms with E-state index >= 15 is 0 Å². The smallest absolute Gasteiger partial charge is 0.305 e. The van der Waals surface area contributed by atoms with Gasteiger partial charge in [0.1, 0.15) is 18.1 Å². The average molecular weight is 358 g/mol. The van der Waals surface area contributed by atoms with Crippen LogP contribution >= 0.6 is 11.8 Å². The molecule has 9 nitrogen and oxygen atoms in total. The van der Waals surface area contributed by atoms with E-state index in [-0.39, 0.29) is 5.69 Å². The van der Waals surface area contributed by atoms with E-state index in [1.54, 1.807) is 7.11 Å². The van der Waals surface area contributed by atoms with Crippen LogP contribution < -0.4 is 4.74 Å². The quantitative estimate of drug-likeness (QED) is 0.376. The maximum absolute atomic E-state index is 10.7. The number of para-hydroxylation sites is 1. The Kier molecular flexibility index (Phi) is 4.89. The van der Waals surface area contributed by atoms with Crippen molar-refractivity contribution in [2.75, 3.05) is 7.11 Å². The van der Waals surface area contributed by atoms with Gasteiger partial charge in [-0.05, 0) is 30.8 Å². The molecular weight excluding hydrogens is 344 g/mol. The minimum Gasteiger partial charge on any atom is -0.496 e. The topological polar surface area (TPSA) is 109 Å². The Labute approximate surface area is 147 Å². The molecule has 0 aliphatic carbocycles. The third-order valence-electron chi connectivity index (χ3n) is 3.39. The first kappa shape index (κ1) is 16.8. The molecule has 2 heterocycles. The lowest BCUT2D eigenvalue weighted by Gasteiger charge is -2.09. The van der Waals surface area contributed by atoms with E-state index in [1.807, 2.05) is 35.8 Å². The maximum Gasteiger partial charge on any atom is 0.305 e. The van der Waals surface area contributed by atoms with Crippen molar-refractivity contribution in [2.45, 2.75) is 23.8 Å². The van der Waals surface area contributed by atoms with Crippen LogP contribution in [-0.4, -0.2) is 36.8 Å². The number of ether oxygens (including phenoxy) is 1. The van der Waals surface area contributed by atoms with Crippen molar-refractivity contribution >= 4 is 17.4 Å². The van der Waals surface area contributed by atoms with Gasteiger partial charge in [0.25, 0.3) is 0 Å². The highest BCUT2D eigenvalue weighted by molar-refractivity contribution is 7.99. The molecule has 0 fully saturated rings. The van der Waals surface area contributed by atoms with E-state index in [0.29, 0.717) is 28.4 Å². The van der Waals surface area contributed by atoms with E-state index in [0.717, 1.165) is 5.56 Å². The Morgan fingerprint density at radius 2 is 1.96 bits per heavy atom. The fourth-order valence-corrected chi connectivity index (χ4v) is 3.00. The van der Waals surface area contributed by atoms with Gasteiger partial charge in [-0.2, -0.15) is 0 Å². The summed E-state index contributed by atoms with van der Waals surface area (Å²) in [5.74, 6) is 1.37. The zero-order valence-corrected chi connectivity index (χ0v) is 14.3. The van der Waals surface area contributed by atoms with Crippen molar-refractivity contribution < 1.29 is 9.66 Å². The normalized spacial score (nSPS) is 10.6. The molecule has 0 unspecified atom stereocenters. The number of nitrogens with zero attached hydrogens (tertiary/aromatic N) is 6. The average Bonchev–Trinajstić information content (AvgIpc) is 3.04.